The summed E-state index contributed by atoms with van der Waals surface area (Å²) in [4.78, 5) is -0.287. The summed E-state index contributed by atoms with van der Waals surface area (Å²) in [6, 6.07) is 3.27. The lowest BCUT2D eigenvalue weighted by molar-refractivity contribution is -0.274. The molecule has 1 aromatic rings. The standard InChI is InChI=1S/C11H15F3N2O3S/c1-2-8-5-9(19-11(12,13)14)7-10(6-8)20(17,18)16-4-3-15/h5-7,16H,2-4,15H2,1H3. The molecular formula is C11H15F3N2O3S. The van der Waals surface area contributed by atoms with Crippen LogP contribution in [-0.2, 0) is 16.4 Å². The van der Waals surface area contributed by atoms with Gasteiger partial charge in [0.1, 0.15) is 5.75 Å². The van der Waals surface area contributed by atoms with Crippen LogP contribution in [0.5, 0.6) is 5.75 Å². The van der Waals surface area contributed by atoms with Crippen LogP contribution in [0.3, 0.4) is 0 Å². The van der Waals surface area contributed by atoms with Crippen molar-refractivity contribution in [1.29, 1.82) is 0 Å². The molecule has 0 aromatic heterocycles. The van der Waals surface area contributed by atoms with E-state index in [2.05, 4.69) is 9.46 Å². The van der Waals surface area contributed by atoms with Crippen molar-refractivity contribution in [3.05, 3.63) is 23.8 Å². The summed E-state index contributed by atoms with van der Waals surface area (Å²) >= 11 is 0. The van der Waals surface area contributed by atoms with Crippen molar-refractivity contribution < 1.29 is 26.3 Å². The van der Waals surface area contributed by atoms with Crippen molar-refractivity contribution >= 4 is 10.0 Å². The quantitative estimate of drug-likeness (QED) is 0.831. The van der Waals surface area contributed by atoms with Crippen LogP contribution >= 0.6 is 0 Å². The van der Waals surface area contributed by atoms with Crippen LogP contribution in [0.25, 0.3) is 0 Å². The summed E-state index contributed by atoms with van der Waals surface area (Å²) in [6.45, 7) is 1.77. The number of benzene rings is 1. The van der Waals surface area contributed by atoms with Gasteiger partial charge in [-0.25, -0.2) is 13.1 Å². The van der Waals surface area contributed by atoms with E-state index < -0.39 is 22.1 Å². The Morgan fingerprint density at radius 3 is 2.45 bits per heavy atom. The summed E-state index contributed by atoms with van der Waals surface area (Å²) in [5.74, 6) is -0.565. The summed E-state index contributed by atoms with van der Waals surface area (Å²) in [6.07, 6.45) is -4.51. The second-order valence-corrected chi connectivity index (χ2v) is 5.67. The first kappa shape index (κ1) is 16.7. The number of hydrogen-bond donors (Lipinski definition) is 2. The third kappa shape index (κ3) is 4.99. The summed E-state index contributed by atoms with van der Waals surface area (Å²) < 4.78 is 66.3. The molecule has 0 spiro atoms. The van der Waals surface area contributed by atoms with E-state index in [0.29, 0.717) is 12.0 Å². The molecule has 0 heterocycles. The van der Waals surface area contributed by atoms with E-state index >= 15 is 0 Å². The van der Waals surface area contributed by atoms with Crippen LogP contribution in [0.15, 0.2) is 23.1 Å². The smallest absolute Gasteiger partial charge is 0.406 e. The molecule has 0 aliphatic heterocycles. The topological polar surface area (TPSA) is 81.4 Å². The normalized spacial score (nSPS) is 12.4. The van der Waals surface area contributed by atoms with E-state index in [0.717, 1.165) is 12.1 Å². The highest BCUT2D eigenvalue weighted by molar-refractivity contribution is 7.89. The highest BCUT2D eigenvalue weighted by Crippen LogP contribution is 2.27. The van der Waals surface area contributed by atoms with Crippen LogP contribution in [0, 0.1) is 0 Å². The van der Waals surface area contributed by atoms with Gasteiger partial charge in [0.25, 0.3) is 0 Å². The second-order valence-electron chi connectivity index (χ2n) is 3.90. The number of alkyl halides is 3. The third-order valence-electron chi connectivity index (χ3n) is 2.33. The van der Waals surface area contributed by atoms with Gasteiger partial charge in [-0.3, -0.25) is 0 Å². The molecule has 0 amide bonds. The predicted molar refractivity (Wildman–Crippen MR) is 66.7 cm³/mol. The number of rotatable bonds is 6. The van der Waals surface area contributed by atoms with Crippen LogP contribution in [0.1, 0.15) is 12.5 Å². The number of halogens is 3. The number of nitrogens with two attached hydrogens (primary N) is 1. The Morgan fingerprint density at radius 2 is 1.95 bits per heavy atom. The van der Waals surface area contributed by atoms with Crippen molar-refractivity contribution in [3.63, 3.8) is 0 Å². The molecular weight excluding hydrogens is 297 g/mol. The van der Waals surface area contributed by atoms with E-state index in [4.69, 9.17) is 5.73 Å². The van der Waals surface area contributed by atoms with E-state index in [1.165, 1.54) is 6.07 Å². The first-order valence-corrected chi connectivity index (χ1v) is 7.25. The number of sulfonamides is 1. The molecule has 1 rings (SSSR count). The lowest BCUT2D eigenvalue weighted by atomic mass is 10.2. The van der Waals surface area contributed by atoms with Crippen LogP contribution < -0.4 is 15.2 Å². The molecule has 114 valence electrons. The van der Waals surface area contributed by atoms with E-state index in [-0.39, 0.29) is 18.0 Å². The molecule has 1 aromatic carbocycles. The lowest BCUT2D eigenvalue weighted by Crippen LogP contribution is -2.29. The zero-order valence-electron chi connectivity index (χ0n) is 10.7. The zero-order valence-corrected chi connectivity index (χ0v) is 11.5. The lowest BCUT2D eigenvalue weighted by Gasteiger charge is -2.13. The van der Waals surface area contributed by atoms with Gasteiger partial charge < -0.3 is 10.5 Å². The minimum Gasteiger partial charge on any atom is -0.406 e. The Bertz CT molecular complexity index is 559. The Labute approximate surface area is 115 Å². The molecule has 0 saturated carbocycles. The van der Waals surface area contributed by atoms with E-state index in [1.54, 1.807) is 6.92 Å². The van der Waals surface area contributed by atoms with Crippen LogP contribution in [0.4, 0.5) is 13.2 Å². The monoisotopic (exact) mass is 312 g/mol. The highest BCUT2D eigenvalue weighted by Gasteiger charge is 2.31. The minimum absolute atomic E-state index is 0.00581. The summed E-state index contributed by atoms with van der Waals surface area (Å²) in [7, 11) is -3.91. The molecule has 5 nitrogen and oxygen atoms in total. The largest absolute Gasteiger partial charge is 0.573 e. The van der Waals surface area contributed by atoms with Crippen LogP contribution in [0.2, 0.25) is 0 Å². The summed E-state index contributed by atoms with van der Waals surface area (Å²) in [5, 5.41) is 0. The number of nitrogens with one attached hydrogen (secondary N) is 1. The van der Waals surface area contributed by atoms with Crippen molar-refractivity contribution in [2.24, 2.45) is 5.73 Å². The Hall–Kier alpha value is -1.32. The average Bonchev–Trinajstić information content (AvgIpc) is 2.34. The van der Waals surface area contributed by atoms with Crippen molar-refractivity contribution in [2.75, 3.05) is 13.1 Å². The van der Waals surface area contributed by atoms with Gasteiger partial charge in [0.15, 0.2) is 0 Å². The number of hydrogen-bond acceptors (Lipinski definition) is 4. The number of ether oxygens (including phenoxy) is 1. The van der Waals surface area contributed by atoms with Gasteiger partial charge in [0.05, 0.1) is 4.90 Å². The zero-order chi connectivity index (χ0) is 15.4. The van der Waals surface area contributed by atoms with Crippen molar-refractivity contribution in [2.45, 2.75) is 24.6 Å². The van der Waals surface area contributed by atoms with Gasteiger partial charge in [0.2, 0.25) is 10.0 Å². The maximum atomic E-state index is 12.2. The van der Waals surface area contributed by atoms with Crippen molar-refractivity contribution in [3.8, 4) is 5.75 Å². The molecule has 0 radical (unpaired) electrons. The Kier molecular flexibility index (Phi) is 5.37. The predicted octanol–water partition coefficient (Wildman–Crippen LogP) is 1.38. The van der Waals surface area contributed by atoms with Crippen LogP contribution in [-0.4, -0.2) is 27.9 Å². The molecule has 0 aliphatic rings. The highest BCUT2D eigenvalue weighted by atomic mass is 32.2. The first-order valence-electron chi connectivity index (χ1n) is 5.77. The SMILES string of the molecule is CCc1cc(OC(F)(F)F)cc(S(=O)(=O)NCCN)c1. The fourth-order valence-corrected chi connectivity index (χ4v) is 2.59. The molecule has 9 heteroatoms. The van der Waals surface area contributed by atoms with Gasteiger partial charge in [-0.2, -0.15) is 0 Å². The maximum absolute atomic E-state index is 12.2. The molecule has 0 atom stereocenters. The Morgan fingerprint density at radius 1 is 1.30 bits per heavy atom. The van der Waals surface area contributed by atoms with E-state index in [9.17, 15) is 21.6 Å². The fraction of sp³-hybridized carbons (Fsp3) is 0.455. The van der Waals surface area contributed by atoms with E-state index in [1.807, 2.05) is 0 Å². The third-order valence-corrected chi connectivity index (χ3v) is 3.77. The van der Waals surface area contributed by atoms with Gasteiger partial charge in [-0.05, 0) is 24.1 Å². The second kappa shape index (κ2) is 6.42. The van der Waals surface area contributed by atoms with Gasteiger partial charge in [-0.15, -0.1) is 13.2 Å². The molecule has 0 aliphatic carbocycles. The summed E-state index contributed by atoms with van der Waals surface area (Å²) in [5.41, 5.74) is 5.60. The molecule has 3 N–H and O–H groups in total. The van der Waals surface area contributed by atoms with Gasteiger partial charge >= 0.3 is 6.36 Å². The van der Waals surface area contributed by atoms with Crippen molar-refractivity contribution in [1.82, 2.24) is 4.72 Å². The van der Waals surface area contributed by atoms with Gasteiger partial charge in [0, 0.05) is 19.2 Å². The maximum Gasteiger partial charge on any atom is 0.573 e. The first-order chi connectivity index (χ1) is 9.18. The molecule has 0 fully saturated rings. The molecule has 0 unspecified atom stereocenters. The minimum atomic E-state index is -4.88. The molecule has 0 bridgehead atoms. The fourth-order valence-electron chi connectivity index (χ4n) is 1.46. The molecule has 20 heavy (non-hydrogen) atoms. The number of aryl methyl sites for hydroxylation is 1. The average molecular weight is 312 g/mol. The molecule has 0 saturated heterocycles. The Balaban J connectivity index is 3.17. The van der Waals surface area contributed by atoms with Gasteiger partial charge in [-0.1, -0.05) is 6.92 Å².